The van der Waals surface area contributed by atoms with E-state index in [1.165, 1.54) is 15.3 Å². The first-order chi connectivity index (χ1) is 5.65. The van der Waals surface area contributed by atoms with Gasteiger partial charge in [0.2, 0.25) is 0 Å². The van der Waals surface area contributed by atoms with Crippen molar-refractivity contribution in [3.63, 3.8) is 0 Å². The molecule has 0 bridgehead atoms. The molecule has 0 aliphatic carbocycles. The molecule has 0 unspecified atom stereocenters. The highest BCUT2D eigenvalue weighted by atomic mass is 32.1. The molecule has 0 spiro atoms. The summed E-state index contributed by atoms with van der Waals surface area (Å²) in [5, 5.41) is 8.72. The van der Waals surface area contributed by atoms with Crippen LogP contribution in [0.1, 0.15) is 27.8 Å². The van der Waals surface area contributed by atoms with Gasteiger partial charge in [-0.25, -0.2) is 0 Å². The van der Waals surface area contributed by atoms with Gasteiger partial charge in [-0.3, -0.25) is 0 Å². The van der Waals surface area contributed by atoms with Crippen LogP contribution in [0.25, 0.3) is 0 Å². The van der Waals surface area contributed by atoms with Crippen molar-refractivity contribution >= 4 is 11.3 Å². The van der Waals surface area contributed by atoms with Crippen molar-refractivity contribution in [1.82, 2.24) is 0 Å². The summed E-state index contributed by atoms with van der Waals surface area (Å²) in [5.41, 5.74) is 7.05. The minimum Gasteiger partial charge on any atom is -0.396 e. The van der Waals surface area contributed by atoms with Gasteiger partial charge in [0.15, 0.2) is 0 Å². The van der Waals surface area contributed by atoms with Crippen LogP contribution < -0.4 is 5.73 Å². The number of hydrogen-bond acceptors (Lipinski definition) is 3. The van der Waals surface area contributed by atoms with Crippen molar-refractivity contribution in [3.05, 3.63) is 21.4 Å². The molecule has 1 rings (SSSR count). The predicted octanol–water partition coefficient (Wildman–Crippen LogP) is 1.75. The van der Waals surface area contributed by atoms with E-state index >= 15 is 0 Å². The second kappa shape index (κ2) is 4.03. The molecule has 2 nitrogen and oxygen atoms in total. The number of aliphatic hydroxyl groups excluding tert-OH is 1. The zero-order chi connectivity index (χ0) is 9.14. The maximum atomic E-state index is 8.72. The van der Waals surface area contributed by atoms with Gasteiger partial charge < -0.3 is 10.8 Å². The van der Waals surface area contributed by atoms with E-state index in [0.717, 1.165) is 0 Å². The fraction of sp³-hybridized carbons (Fsp3) is 0.556. The monoisotopic (exact) mass is 185 g/mol. The summed E-state index contributed by atoms with van der Waals surface area (Å²) in [6.07, 6.45) is 0.650. The van der Waals surface area contributed by atoms with Gasteiger partial charge in [0, 0.05) is 22.4 Å². The Morgan fingerprint density at radius 3 is 2.67 bits per heavy atom. The van der Waals surface area contributed by atoms with Crippen LogP contribution in [-0.2, 0) is 0 Å². The third-order valence-corrected chi connectivity index (χ3v) is 2.90. The number of aliphatic hydroxyl groups is 1. The molecule has 1 atom stereocenters. The standard InChI is InChI=1S/C9H15NOS/c1-6-5-8(7(2)12-6)9(10)3-4-11/h5,9,11H,3-4,10H2,1-2H3/t9-/m1/s1. The summed E-state index contributed by atoms with van der Waals surface area (Å²) in [4.78, 5) is 2.56. The molecule has 1 aromatic heterocycles. The molecule has 1 heterocycles. The molecule has 1 aromatic rings. The van der Waals surface area contributed by atoms with E-state index in [0.29, 0.717) is 6.42 Å². The van der Waals surface area contributed by atoms with Crippen LogP contribution in [0.3, 0.4) is 0 Å². The fourth-order valence-corrected chi connectivity index (χ4v) is 2.31. The van der Waals surface area contributed by atoms with Gasteiger partial charge in [-0.15, -0.1) is 11.3 Å². The normalized spacial score (nSPS) is 13.3. The predicted molar refractivity (Wildman–Crippen MR) is 52.4 cm³/mol. The van der Waals surface area contributed by atoms with E-state index in [1.54, 1.807) is 11.3 Å². The summed E-state index contributed by atoms with van der Waals surface area (Å²) >= 11 is 1.76. The van der Waals surface area contributed by atoms with Gasteiger partial charge in [0.1, 0.15) is 0 Å². The molecular formula is C9H15NOS. The van der Waals surface area contributed by atoms with E-state index in [2.05, 4.69) is 19.9 Å². The molecule has 12 heavy (non-hydrogen) atoms. The number of thiophene rings is 1. The Hall–Kier alpha value is -0.380. The Bertz CT molecular complexity index is 257. The maximum Gasteiger partial charge on any atom is 0.0449 e. The summed E-state index contributed by atoms with van der Waals surface area (Å²) in [7, 11) is 0. The van der Waals surface area contributed by atoms with E-state index in [9.17, 15) is 0 Å². The highest BCUT2D eigenvalue weighted by Gasteiger charge is 2.10. The van der Waals surface area contributed by atoms with E-state index < -0.39 is 0 Å². The topological polar surface area (TPSA) is 46.2 Å². The first kappa shape index (κ1) is 9.71. The molecule has 0 saturated carbocycles. The molecule has 3 N–H and O–H groups in total. The first-order valence-corrected chi connectivity index (χ1v) is 4.90. The van der Waals surface area contributed by atoms with Crippen LogP contribution >= 0.6 is 11.3 Å². The van der Waals surface area contributed by atoms with Gasteiger partial charge in [-0.1, -0.05) is 0 Å². The van der Waals surface area contributed by atoms with E-state index in [1.807, 2.05) is 0 Å². The second-order valence-corrected chi connectivity index (χ2v) is 4.45. The number of hydrogen-bond donors (Lipinski definition) is 2. The Labute approximate surface area is 77.0 Å². The molecular weight excluding hydrogens is 170 g/mol. The van der Waals surface area contributed by atoms with Crippen LogP contribution in [-0.4, -0.2) is 11.7 Å². The Morgan fingerprint density at radius 2 is 2.25 bits per heavy atom. The quantitative estimate of drug-likeness (QED) is 0.753. The van der Waals surface area contributed by atoms with Gasteiger partial charge in [0.25, 0.3) is 0 Å². The minimum atomic E-state index is -0.0000463. The van der Waals surface area contributed by atoms with Crippen LogP contribution in [0.4, 0.5) is 0 Å². The zero-order valence-electron chi connectivity index (χ0n) is 7.50. The van der Waals surface area contributed by atoms with Gasteiger partial charge >= 0.3 is 0 Å². The van der Waals surface area contributed by atoms with Gasteiger partial charge in [-0.2, -0.15) is 0 Å². The molecule has 0 fully saturated rings. The molecule has 0 radical (unpaired) electrons. The SMILES string of the molecule is Cc1cc([C@H](N)CCO)c(C)s1. The van der Waals surface area contributed by atoms with Crippen LogP contribution in [0, 0.1) is 13.8 Å². The highest BCUT2D eigenvalue weighted by molar-refractivity contribution is 7.12. The molecule has 68 valence electrons. The molecule has 0 aromatic carbocycles. The largest absolute Gasteiger partial charge is 0.396 e. The lowest BCUT2D eigenvalue weighted by Gasteiger charge is -2.08. The zero-order valence-corrected chi connectivity index (χ0v) is 8.32. The molecule has 0 aliphatic heterocycles. The van der Waals surface area contributed by atoms with Crippen molar-refractivity contribution in [1.29, 1.82) is 0 Å². The number of rotatable bonds is 3. The highest BCUT2D eigenvalue weighted by Crippen LogP contribution is 2.26. The molecule has 3 heteroatoms. The van der Waals surface area contributed by atoms with Crippen molar-refractivity contribution in [2.24, 2.45) is 5.73 Å². The summed E-state index contributed by atoms with van der Waals surface area (Å²) < 4.78 is 0. The third-order valence-electron chi connectivity index (χ3n) is 1.92. The Kier molecular flexibility index (Phi) is 3.26. The Morgan fingerprint density at radius 1 is 1.58 bits per heavy atom. The number of aryl methyl sites for hydroxylation is 2. The van der Waals surface area contributed by atoms with Gasteiger partial charge in [-0.05, 0) is 31.9 Å². The van der Waals surface area contributed by atoms with E-state index in [4.69, 9.17) is 10.8 Å². The first-order valence-electron chi connectivity index (χ1n) is 4.08. The van der Waals surface area contributed by atoms with Crippen LogP contribution in [0.5, 0.6) is 0 Å². The average Bonchev–Trinajstić information content (AvgIpc) is 2.30. The summed E-state index contributed by atoms with van der Waals surface area (Å²) in [6.45, 7) is 4.31. The Balaban J connectivity index is 2.79. The van der Waals surface area contributed by atoms with Crippen molar-refractivity contribution < 1.29 is 5.11 Å². The fourth-order valence-electron chi connectivity index (χ4n) is 1.31. The van der Waals surface area contributed by atoms with Gasteiger partial charge in [0.05, 0.1) is 0 Å². The molecule has 0 saturated heterocycles. The summed E-state index contributed by atoms with van der Waals surface area (Å²) in [5.74, 6) is 0. The van der Waals surface area contributed by atoms with Crippen LogP contribution in [0.15, 0.2) is 6.07 Å². The number of nitrogens with two attached hydrogens (primary N) is 1. The third kappa shape index (κ3) is 2.06. The van der Waals surface area contributed by atoms with Crippen molar-refractivity contribution in [2.75, 3.05) is 6.61 Å². The minimum absolute atomic E-state index is 0.0000463. The lowest BCUT2D eigenvalue weighted by atomic mass is 10.1. The van der Waals surface area contributed by atoms with Crippen molar-refractivity contribution in [3.8, 4) is 0 Å². The molecule has 0 amide bonds. The maximum absolute atomic E-state index is 8.72. The smallest absolute Gasteiger partial charge is 0.0449 e. The van der Waals surface area contributed by atoms with Crippen LogP contribution in [0.2, 0.25) is 0 Å². The average molecular weight is 185 g/mol. The molecule has 0 aliphatic rings. The summed E-state index contributed by atoms with van der Waals surface area (Å²) in [6, 6.07) is 2.11. The lowest BCUT2D eigenvalue weighted by molar-refractivity contribution is 0.276. The van der Waals surface area contributed by atoms with E-state index in [-0.39, 0.29) is 12.6 Å². The van der Waals surface area contributed by atoms with Crippen molar-refractivity contribution in [2.45, 2.75) is 26.3 Å². The second-order valence-electron chi connectivity index (χ2n) is 2.99. The lowest BCUT2D eigenvalue weighted by Crippen LogP contribution is -2.11.